The molecular formula is C10H10N. The van der Waals surface area contributed by atoms with Gasteiger partial charge in [0.2, 0.25) is 0 Å². The quantitative estimate of drug-likeness (QED) is 0.564. The van der Waals surface area contributed by atoms with Crippen LogP contribution in [0.2, 0.25) is 0 Å². The molecule has 0 saturated heterocycles. The van der Waals surface area contributed by atoms with Gasteiger partial charge in [-0.15, -0.1) is 0 Å². The first-order valence-corrected chi connectivity index (χ1v) is 4.00. The average Bonchev–Trinajstić information content (AvgIpc) is 2.53. The van der Waals surface area contributed by atoms with Crippen LogP contribution in [0.1, 0.15) is 19.8 Å². The largest absolute Gasteiger partial charge is 0.250 e. The summed E-state index contributed by atoms with van der Waals surface area (Å²) in [6.45, 7) is 2.17. The fourth-order valence-corrected chi connectivity index (χ4v) is 1.38. The van der Waals surface area contributed by atoms with Crippen LogP contribution in [0.4, 0.5) is 0 Å². The van der Waals surface area contributed by atoms with Gasteiger partial charge in [0, 0.05) is 16.8 Å². The van der Waals surface area contributed by atoms with Crippen molar-refractivity contribution in [2.75, 3.05) is 0 Å². The molecule has 2 aliphatic rings. The maximum absolute atomic E-state index is 4.22. The van der Waals surface area contributed by atoms with Crippen molar-refractivity contribution in [2.24, 2.45) is 4.99 Å². The molecule has 1 heterocycles. The van der Waals surface area contributed by atoms with Gasteiger partial charge in [-0.25, -0.2) is 4.99 Å². The van der Waals surface area contributed by atoms with Crippen molar-refractivity contribution >= 4 is 6.21 Å². The molecule has 1 radical (unpaired) electrons. The van der Waals surface area contributed by atoms with Crippen LogP contribution < -0.4 is 0 Å². The van der Waals surface area contributed by atoms with Crippen LogP contribution in [-0.2, 0) is 0 Å². The lowest BCUT2D eigenvalue weighted by Crippen LogP contribution is -1.80. The Morgan fingerprint density at radius 3 is 3.27 bits per heavy atom. The van der Waals surface area contributed by atoms with Gasteiger partial charge in [-0.2, -0.15) is 0 Å². The maximum atomic E-state index is 4.22. The fourth-order valence-electron chi connectivity index (χ4n) is 1.38. The minimum Gasteiger partial charge on any atom is -0.250 e. The second kappa shape index (κ2) is 2.50. The van der Waals surface area contributed by atoms with E-state index in [2.05, 4.69) is 36.4 Å². The van der Waals surface area contributed by atoms with E-state index >= 15 is 0 Å². The Morgan fingerprint density at radius 1 is 1.55 bits per heavy atom. The van der Waals surface area contributed by atoms with E-state index in [0.717, 1.165) is 18.4 Å². The smallest absolute Gasteiger partial charge is 0.0975 e. The number of hydrogen-bond acceptors (Lipinski definition) is 1. The highest BCUT2D eigenvalue weighted by Gasteiger charge is 2.15. The van der Waals surface area contributed by atoms with Crippen LogP contribution in [0.15, 0.2) is 40.1 Å². The topological polar surface area (TPSA) is 12.4 Å². The molecule has 1 aliphatic carbocycles. The Bertz CT molecular complexity index is 290. The highest BCUT2D eigenvalue weighted by Crippen LogP contribution is 2.28. The molecule has 0 saturated carbocycles. The minimum absolute atomic E-state index is 1.07. The van der Waals surface area contributed by atoms with E-state index in [9.17, 15) is 0 Å². The van der Waals surface area contributed by atoms with E-state index in [-0.39, 0.29) is 0 Å². The standard InChI is InChI=1S/C10H10N/c1-2-4-10-9-6-3-5-8(9)7-11-10/h3,5-6H,2,4H2,1H3. The summed E-state index contributed by atoms with van der Waals surface area (Å²) in [5.41, 5.74) is 3.65. The van der Waals surface area contributed by atoms with Crippen molar-refractivity contribution in [3.63, 3.8) is 0 Å². The summed E-state index contributed by atoms with van der Waals surface area (Å²) >= 11 is 0. The zero-order chi connectivity index (χ0) is 7.68. The highest BCUT2D eigenvalue weighted by molar-refractivity contribution is 5.92. The third-order valence-electron chi connectivity index (χ3n) is 1.92. The van der Waals surface area contributed by atoms with Gasteiger partial charge >= 0.3 is 0 Å². The molecular weight excluding hydrogens is 134 g/mol. The molecule has 0 aromatic rings. The van der Waals surface area contributed by atoms with Crippen LogP contribution in [0.25, 0.3) is 0 Å². The van der Waals surface area contributed by atoms with Crippen LogP contribution in [0, 0.1) is 0 Å². The van der Waals surface area contributed by atoms with Gasteiger partial charge in [0.1, 0.15) is 0 Å². The number of allylic oxidation sites excluding steroid dienone is 6. The van der Waals surface area contributed by atoms with Crippen molar-refractivity contribution < 1.29 is 0 Å². The predicted molar refractivity (Wildman–Crippen MR) is 46.6 cm³/mol. The minimum atomic E-state index is 1.07. The van der Waals surface area contributed by atoms with Crippen molar-refractivity contribution in [3.05, 3.63) is 35.1 Å². The predicted octanol–water partition coefficient (Wildman–Crippen LogP) is 2.50. The molecule has 1 nitrogen and oxygen atoms in total. The molecule has 1 heteroatoms. The lowest BCUT2D eigenvalue weighted by atomic mass is 10.1. The van der Waals surface area contributed by atoms with Gasteiger partial charge in [-0.05, 0) is 6.42 Å². The first-order chi connectivity index (χ1) is 5.42. The number of rotatable bonds is 2. The van der Waals surface area contributed by atoms with Crippen molar-refractivity contribution in [3.8, 4) is 0 Å². The number of aliphatic imine (C=N–C) groups is 1. The maximum Gasteiger partial charge on any atom is 0.0975 e. The van der Waals surface area contributed by atoms with E-state index in [4.69, 9.17) is 0 Å². The molecule has 0 aromatic carbocycles. The Hall–Kier alpha value is -1.11. The summed E-state index contributed by atoms with van der Waals surface area (Å²) in [7, 11) is 0. The second-order valence-electron chi connectivity index (χ2n) is 2.77. The van der Waals surface area contributed by atoms with E-state index in [1.807, 2.05) is 0 Å². The summed E-state index contributed by atoms with van der Waals surface area (Å²) < 4.78 is 0. The van der Waals surface area contributed by atoms with Gasteiger partial charge in [-0.1, -0.05) is 31.6 Å². The Labute approximate surface area is 66.8 Å². The molecule has 0 fully saturated rings. The van der Waals surface area contributed by atoms with Crippen LogP contribution in [0.3, 0.4) is 0 Å². The Kier molecular flexibility index (Phi) is 1.50. The van der Waals surface area contributed by atoms with Crippen molar-refractivity contribution in [1.82, 2.24) is 0 Å². The fraction of sp³-hybridized carbons (Fsp3) is 0.300. The van der Waals surface area contributed by atoms with Crippen LogP contribution in [-0.4, -0.2) is 6.21 Å². The zero-order valence-corrected chi connectivity index (χ0v) is 6.59. The highest BCUT2D eigenvalue weighted by atomic mass is 14.8. The molecule has 55 valence electrons. The molecule has 1 aliphatic heterocycles. The van der Waals surface area contributed by atoms with Gasteiger partial charge in [0.25, 0.3) is 0 Å². The molecule has 0 spiro atoms. The lowest BCUT2D eigenvalue weighted by molar-refractivity contribution is 0.893. The molecule has 0 atom stereocenters. The van der Waals surface area contributed by atoms with E-state index in [1.54, 1.807) is 0 Å². The molecule has 0 bridgehead atoms. The molecule has 11 heavy (non-hydrogen) atoms. The van der Waals surface area contributed by atoms with E-state index in [0.29, 0.717) is 0 Å². The third kappa shape index (κ3) is 0.967. The van der Waals surface area contributed by atoms with Gasteiger partial charge in [0.05, 0.1) is 6.21 Å². The summed E-state index contributed by atoms with van der Waals surface area (Å²) in [5, 5.41) is 0. The molecule has 0 unspecified atom stereocenters. The van der Waals surface area contributed by atoms with E-state index in [1.165, 1.54) is 11.3 Å². The average molecular weight is 144 g/mol. The molecule has 2 rings (SSSR count). The number of nitrogens with zero attached hydrogens (tertiary/aromatic N) is 1. The summed E-state index contributed by atoms with van der Waals surface area (Å²) in [6.07, 6.45) is 11.5. The third-order valence-corrected chi connectivity index (χ3v) is 1.92. The number of fused-ring (bicyclic) bond motifs is 1. The normalized spacial score (nSPS) is 19.5. The summed E-state index contributed by atoms with van der Waals surface area (Å²) in [6, 6.07) is 0. The van der Waals surface area contributed by atoms with Crippen molar-refractivity contribution in [1.29, 1.82) is 0 Å². The first kappa shape index (κ1) is 6.59. The summed E-state index contributed by atoms with van der Waals surface area (Å²) in [5.74, 6) is 0. The lowest BCUT2D eigenvalue weighted by Gasteiger charge is -1.96. The summed E-state index contributed by atoms with van der Waals surface area (Å²) in [4.78, 5) is 4.22. The van der Waals surface area contributed by atoms with Gasteiger partial charge in [0.15, 0.2) is 0 Å². The van der Waals surface area contributed by atoms with Crippen LogP contribution in [0.5, 0.6) is 0 Å². The SMILES string of the molecule is CCCC1=C2C=CC=C2[C]=N1. The Morgan fingerprint density at radius 2 is 2.45 bits per heavy atom. The zero-order valence-electron chi connectivity index (χ0n) is 6.59. The second-order valence-corrected chi connectivity index (χ2v) is 2.77. The first-order valence-electron chi connectivity index (χ1n) is 4.00. The Balaban J connectivity index is 2.32. The van der Waals surface area contributed by atoms with Crippen molar-refractivity contribution in [2.45, 2.75) is 19.8 Å². The number of hydrogen-bond donors (Lipinski definition) is 0. The molecule has 0 amide bonds. The van der Waals surface area contributed by atoms with E-state index < -0.39 is 0 Å². The molecule has 0 aromatic heterocycles. The van der Waals surface area contributed by atoms with Gasteiger partial charge in [-0.3, -0.25) is 0 Å². The monoisotopic (exact) mass is 144 g/mol. The molecule has 0 N–H and O–H groups in total. The van der Waals surface area contributed by atoms with Gasteiger partial charge < -0.3 is 0 Å². The van der Waals surface area contributed by atoms with Crippen LogP contribution >= 0.6 is 0 Å².